The Balaban J connectivity index is 1.56. The van der Waals surface area contributed by atoms with Crippen molar-refractivity contribution in [1.82, 2.24) is 5.32 Å². The minimum absolute atomic E-state index is 0.0285. The molecular formula is C22H26ClNO4S. The molecule has 0 spiro atoms. The van der Waals surface area contributed by atoms with Crippen molar-refractivity contribution in [2.24, 2.45) is 5.92 Å². The number of methoxy groups -OCH3 is 1. The predicted octanol–water partition coefficient (Wildman–Crippen LogP) is 4.42. The maximum absolute atomic E-state index is 12.7. The summed E-state index contributed by atoms with van der Waals surface area (Å²) in [6.45, 7) is 1.89. The monoisotopic (exact) mass is 435 g/mol. The smallest absolute Gasteiger partial charge is 0.255 e. The van der Waals surface area contributed by atoms with Gasteiger partial charge in [0, 0.05) is 11.1 Å². The number of hydrogen-bond acceptors (Lipinski definition) is 4. The van der Waals surface area contributed by atoms with Crippen molar-refractivity contribution in [2.75, 3.05) is 12.9 Å². The van der Waals surface area contributed by atoms with E-state index in [1.54, 1.807) is 36.4 Å². The van der Waals surface area contributed by atoms with Crippen LogP contribution in [-0.4, -0.2) is 33.2 Å². The summed E-state index contributed by atoms with van der Waals surface area (Å²) in [6, 6.07) is 12.0. The van der Waals surface area contributed by atoms with E-state index in [0.29, 0.717) is 21.2 Å². The van der Waals surface area contributed by atoms with Crippen molar-refractivity contribution in [1.29, 1.82) is 0 Å². The number of sulfone groups is 1. The van der Waals surface area contributed by atoms with Crippen LogP contribution in [0.5, 0.6) is 5.75 Å². The van der Waals surface area contributed by atoms with E-state index in [1.807, 2.05) is 13.0 Å². The number of nitrogens with one attached hydrogen (secondary N) is 1. The van der Waals surface area contributed by atoms with Gasteiger partial charge in [0.2, 0.25) is 0 Å². The standard InChI is InChI=1S/C22H26ClNO4S/c1-15-4-3-5-19(12-15)29(26,27)14-16-6-9-18(10-7-16)24-22(25)20-11-8-17(23)13-21(20)28-2/h3-5,8,11-13,16,18H,6-7,9-10,14H2,1-2H3,(H,24,25). The van der Waals surface area contributed by atoms with Crippen molar-refractivity contribution in [3.8, 4) is 5.75 Å². The van der Waals surface area contributed by atoms with E-state index >= 15 is 0 Å². The molecule has 0 unspecified atom stereocenters. The van der Waals surface area contributed by atoms with E-state index in [4.69, 9.17) is 16.3 Å². The van der Waals surface area contributed by atoms with Crippen LogP contribution in [-0.2, 0) is 9.84 Å². The highest BCUT2D eigenvalue weighted by molar-refractivity contribution is 7.91. The second-order valence-corrected chi connectivity index (χ2v) is 10.1. The van der Waals surface area contributed by atoms with E-state index in [-0.39, 0.29) is 23.6 Å². The van der Waals surface area contributed by atoms with Gasteiger partial charge in [-0.05, 0) is 74.4 Å². The molecule has 3 rings (SSSR count). The first kappa shape index (κ1) is 21.7. The second kappa shape index (κ2) is 9.18. The predicted molar refractivity (Wildman–Crippen MR) is 114 cm³/mol. The molecule has 7 heteroatoms. The fourth-order valence-corrected chi connectivity index (χ4v) is 5.76. The zero-order valence-electron chi connectivity index (χ0n) is 16.7. The first-order valence-corrected chi connectivity index (χ1v) is 11.8. The number of carbonyl (C=O) groups is 1. The van der Waals surface area contributed by atoms with Gasteiger partial charge >= 0.3 is 0 Å². The molecule has 0 heterocycles. The van der Waals surface area contributed by atoms with Gasteiger partial charge in [0.05, 0.1) is 23.3 Å². The fraction of sp³-hybridized carbons (Fsp3) is 0.409. The van der Waals surface area contributed by atoms with Crippen LogP contribution in [0.4, 0.5) is 0 Å². The fourth-order valence-electron chi connectivity index (χ4n) is 3.80. The molecule has 156 valence electrons. The lowest BCUT2D eigenvalue weighted by atomic mass is 9.87. The minimum atomic E-state index is -3.30. The molecule has 0 radical (unpaired) electrons. The summed E-state index contributed by atoms with van der Waals surface area (Å²) in [5.74, 6) is 0.503. The van der Waals surface area contributed by atoms with Crippen LogP contribution in [0.2, 0.25) is 5.02 Å². The second-order valence-electron chi connectivity index (χ2n) is 7.63. The van der Waals surface area contributed by atoms with Crippen LogP contribution >= 0.6 is 11.6 Å². The molecule has 1 N–H and O–H groups in total. The van der Waals surface area contributed by atoms with Crippen molar-refractivity contribution in [3.05, 3.63) is 58.6 Å². The maximum atomic E-state index is 12.7. The van der Waals surface area contributed by atoms with Crippen LogP contribution in [0.3, 0.4) is 0 Å². The zero-order chi connectivity index (χ0) is 21.0. The van der Waals surface area contributed by atoms with Gasteiger partial charge in [-0.25, -0.2) is 8.42 Å². The lowest BCUT2D eigenvalue weighted by molar-refractivity contribution is 0.0920. The molecule has 0 aromatic heterocycles. The number of amides is 1. The van der Waals surface area contributed by atoms with Crippen LogP contribution in [0, 0.1) is 12.8 Å². The molecule has 0 aliphatic heterocycles. The van der Waals surface area contributed by atoms with E-state index in [1.165, 1.54) is 7.11 Å². The van der Waals surface area contributed by atoms with Crippen LogP contribution in [0.25, 0.3) is 0 Å². The number of hydrogen-bond donors (Lipinski definition) is 1. The van der Waals surface area contributed by atoms with Crippen LogP contribution in [0.15, 0.2) is 47.4 Å². The Bertz CT molecular complexity index is 982. The highest BCUT2D eigenvalue weighted by Crippen LogP contribution is 2.29. The topological polar surface area (TPSA) is 72.5 Å². The van der Waals surface area contributed by atoms with Gasteiger partial charge in [0.1, 0.15) is 5.75 Å². The van der Waals surface area contributed by atoms with Crippen LogP contribution in [0.1, 0.15) is 41.6 Å². The average molecular weight is 436 g/mol. The van der Waals surface area contributed by atoms with E-state index in [0.717, 1.165) is 31.2 Å². The SMILES string of the molecule is COc1cc(Cl)ccc1C(=O)NC1CCC(CS(=O)(=O)c2cccc(C)c2)CC1. The molecule has 29 heavy (non-hydrogen) atoms. The Morgan fingerprint density at radius 1 is 1.14 bits per heavy atom. The summed E-state index contributed by atoms with van der Waals surface area (Å²) >= 11 is 5.95. The molecule has 1 aliphatic rings. The Morgan fingerprint density at radius 2 is 1.86 bits per heavy atom. The highest BCUT2D eigenvalue weighted by Gasteiger charge is 2.28. The highest BCUT2D eigenvalue weighted by atomic mass is 35.5. The van der Waals surface area contributed by atoms with Gasteiger partial charge in [-0.1, -0.05) is 23.7 Å². The molecule has 0 atom stereocenters. The Kier molecular flexibility index (Phi) is 6.85. The van der Waals surface area contributed by atoms with E-state index in [9.17, 15) is 13.2 Å². The number of ether oxygens (including phenoxy) is 1. The number of halogens is 1. The molecule has 2 aromatic rings. The number of benzene rings is 2. The summed E-state index contributed by atoms with van der Waals surface area (Å²) in [7, 11) is -1.79. The Morgan fingerprint density at radius 3 is 2.52 bits per heavy atom. The third-order valence-electron chi connectivity index (χ3n) is 5.39. The van der Waals surface area contributed by atoms with Gasteiger partial charge < -0.3 is 10.1 Å². The maximum Gasteiger partial charge on any atom is 0.255 e. The summed E-state index contributed by atoms with van der Waals surface area (Å²) in [6.07, 6.45) is 3.06. The molecule has 0 bridgehead atoms. The molecule has 1 saturated carbocycles. The van der Waals surface area contributed by atoms with Crippen molar-refractivity contribution >= 4 is 27.3 Å². The molecular weight excluding hydrogens is 410 g/mol. The number of aryl methyl sites for hydroxylation is 1. The van der Waals surface area contributed by atoms with Gasteiger partial charge in [-0.2, -0.15) is 0 Å². The van der Waals surface area contributed by atoms with Gasteiger partial charge in [0.25, 0.3) is 5.91 Å². The van der Waals surface area contributed by atoms with Gasteiger partial charge in [-0.3, -0.25) is 4.79 Å². The Hall–Kier alpha value is -2.05. The molecule has 0 saturated heterocycles. The van der Waals surface area contributed by atoms with Crippen molar-refractivity contribution < 1.29 is 17.9 Å². The van der Waals surface area contributed by atoms with E-state index in [2.05, 4.69) is 5.32 Å². The summed E-state index contributed by atoms with van der Waals surface area (Å²) < 4.78 is 30.6. The normalized spacial score (nSPS) is 19.6. The molecule has 1 fully saturated rings. The van der Waals surface area contributed by atoms with Gasteiger partial charge in [0.15, 0.2) is 9.84 Å². The summed E-state index contributed by atoms with van der Waals surface area (Å²) in [5, 5.41) is 3.55. The number of rotatable bonds is 6. The van der Waals surface area contributed by atoms with E-state index < -0.39 is 9.84 Å². The van der Waals surface area contributed by atoms with Crippen molar-refractivity contribution in [3.63, 3.8) is 0 Å². The molecule has 1 aliphatic carbocycles. The lowest BCUT2D eigenvalue weighted by Gasteiger charge is -2.29. The van der Waals surface area contributed by atoms with Crippen LogP contribution < -0.4 is 10.1 Å². The molecule has 2 aromatic carbocycles. The summed E-state index contributed by atoms with van der Waals surface area (Å²) in [4.78, 5) is 13.0. The third-order valence-corrected chi connectivity index (χ3v) is 7.51. The largest absolute Gasteiger partial charge is 0.496 e. The third kappa shape index (κ3) is 5.52. The van der Waals surface area contributed by atoms with Crippen molar-refractivity contribution in [2.45, 2.75) is 43.5 Å². The van der Waals surface area contributed by atoms with Gasteiger partial charge in [-0.15, -0.1) is 0 Å². The average Bonchev–Trinajstić information content (AvgIpc) is 2.69. The first-order chi connectivity index (χ1) is 13.8. The molecule has 1 amide bonds. The first-order valence-electron chi connectivity index (χ1n) is 9.72. The minimum Gasteiger partial charge on any atom is -0.496 e. The Labute approximate surface area is 177 Å². The summed E-state index contributed by atoms with van der Waals surface area (Å²) in [5.41, 5.74) is 1.39. The number of carbonyl (C=O) groups excluding carboxylic acids is 1. The molecule has 5 nitrogen and oxygen atoms in total. The quantitative estimate of drug-likeness (QED) is 0.728. The lowest BCUT2D eigenvalue weighted by Crippen LogP contribution is -2.38. The zero-order valence-corrected chi connectivity index (χ0v) is 18.2.